The lowest BCUT2D eigenvalue weighted by Gasteiger charge is -2.22. The first-order valence-electron chi connectivity index (χ1n) is 9.17. The second-order valence-corrected chi connectivity index (χ2v) is 7.45. The molecule has 2 aliphatic heterocycles. The molecule has 0 saturated carbocycles. The summed E-state index contributed by atoms with van der Waals surface area (Å²) >= 11 is 0. The molecule has 1 amide bonds. The van der Waals surface area contributed by atoms with E-state index in [1.165, 1.54) is 12.3 Å². The number of para-hydroxylation sites is 2. The number of likely N-dealkylation sites (tertiary alicyclic amines) is 1. The average molecular weight is 365 g/mol. The standard InChI is InChI=1S/C20H20FN5O/c1-24-18-5-3-2-4-17(18)23-20(24)26-11-13-9-25(10-14(13)12-26)19(27)15-6-7-22-8-16(15)21/h2-8,13-14H,9-12H2,1H3. The Bertz CT molecular complexity index is 1020. The number of aryl methyl sites for hydroxylation is 1. The van der Waals surface area contributed by atoms with E-state index in [1.54, 1.807) is 4.90 Å². The smallest absolute Gasteiger partial charge is 0.256 e. The van der Waals surface area contributed by atoms with Crippen LogP contribution < -0.4 is 4.90 Å². The minimum Gasteiger partial charge on any atom is -0.342 e. The maximum absolute atomic E-state index is 13.9. The van der Waals surface area contributed by atoms with Gasteiger partial charge in [0.2, 0.25) is 5.95 Å². The van der Waals surface area contributed by atoms with Crippen molar-refractivity contribution in [1.82, 2.24) is 19.4 Å². The summed E-state index contributed by atoms with van der Waals surface area (Å²) in [6.45, 7) is 3.05. The molecular weight excluding hydrogens is 345 g/mol. The van der Waals surface area contributed by atoms with Crippen molar-refractivity contribution in [3.05, 3.63) is 54.1 Å². The Labute approximate surface area is 156 Å². The molecule has 2 fully saturated rings. The predicted octanol–water partition coefficient (Wildman–Crippen LogP) is 2.32. The first kappa shape index (κ1) is 16.2. The van der Waals surface area contributed by atoms with E-state index in [9.17, 15) is 9.18 Å². The Kier molecular flexibility index (Phi) is 3.63. The zero-order valence-electron chi connectivity index (χ0n) is 15.0. The van der Waals surface area contributed by atoms with Gasteiger partial charge in [-0.05, 0) is 18.2 Å². The van der Waals surface area contributed by atoms with Crippen molar-refractivity contribution < 1.29 is 9.18 Å². The minimum atomic E-state index is -0.555. The topological polar surface area (TPSA) is 54.3 Å². The fourth-order valence-corrected chi connectivity index (χ4v) is 4.46. The van der Waals surface area contributed by atoms with Crippen molar-refractivity contribution >= 4 is 22.9 Å². The van der Waals surface area contributed by atoms with Gasteiger partial charge in [-0.1, -0.05) is 12.1 Å². The van der Waals surface area contributed by atoms with Crippen molar-refractivity contribution in [2.75, 3.05) is 31.1 Å². The number of halogens is 1. The molecule has 5 rings (SSSR count). The van der Waals surface area contributed by atoms with Crippen molar-refractivity contribution in [3.8, 4) is 0 Å². The second-order valence-electron chi connectivity index (χ2n) is 7.45. The molecule has 2 aromatic heterocycles. The minimum absolute atomic E-state index is 0.109. The van der Waals surface area contributed by atoms with Crippen LogP contribution in [0.4, 0.5) is 10.3 Å². The van der Waals surface area contributed by atoms with Crippen LogP contribution in [0.1, 0.15) is 10.4 Å². The molecule has 0 N–H and O–H groups in total. The van der Waals surface area contributed by atoms with Gasteiger partial charge >= 0.3 is 0 Å². The summed E-state index contributed by atoms with van der Waals surface area (Å²) in [5.74, 6) is 0.959. The van der Waals surface area contributed by atoms with E-state index in [0.29, 0.717) is 24.9 Å². The van der Waals surface area contributed by atoms with Gasteiger partial charge in [-0.3, -0.25) is 9.78 Å². The third-order valence-electron chi connectivity index (χ3n) is 5.82. The summed E-state index contributed by atoms with van der Waals surface area (Å²) in [7, 11) is 2.04. The van der Waals surface area contributed by atoms with Gasteiger partial charge in [-0.2, -0.15) is 0 Å². The van der Waals surface area contributed by atoms with Gasteiger partial charge in [-0.15, -0.1) is 0 Å². The first-order chi connectivity index (χ1) is 13.1. The Morgan fingerprint density at radius 2 is 1.85 bits per heavy atom. The summed E-state index contributed by atoms with van der Waals surface area (Å²) in [5.41, 5.74) is 2.23. The zero-order chi connectivity index (χ0) is 18.5. The van der Waals surface area contributed by atoms with Crippen molar-refractivity contribution in [2.45, 2.75) is 0 Å². The largest absolute Gasteiger partial charge is 0.342 e. The van der Waals surface area contributed by atoms with Crippen LogP contribution in [0.5, 0.6) is 0 Å². The van der Waals surface area contributed by atoms with Crippen LogP contribution in [0.3, 0.4) is 0 Å². The zero-order valence-corrected chi connectivity index (χ0v) is 15.0. The third-order valence-corrected chi connectivity index (χ3v) is 5.82. The molecule has 27 heavy (non-hydrogen) atoms. The van der Waals surface area contributed by atoms with Gasteiger partial charge < -0.3 is 14.4 Å². The van der Waals surface area contributed by atoms with E-state index < -0.39 is 5.82 Å². The van der Waals surface area contributed by atoms with Crippen LogP contribution in [0.15, 0.2) is 42.7 Å². The molecule has 2 aliphatic rings. The van der Waals surface area contributed by atoms with E-state index in [-0.39, 0.29) is 11.5 Å². The number of nitrogens with zero attached hydrogens (tertiary/aromatic N) is 5. The van der Waals surface area contributed by atoms with Crippen LogP contribution in [0, 0.1) is 17.7 Å². The number of anilines is 1. The Morgan fingerprint density at radius 1 is 1.11 bits per heavy atom. The molecule has 0 bridgehead atoms. The van der Waals surface area contributed by atoms with E-state index in [2.05, 4.69) is 20.5 Å². The summed E-state index contributed by atoms with van der Waals surface area (Å²) in [6.07, 6.45) is 2.55. The number of hydrogen-bond acceptors (Lipinski definition) is 4. The van der Waals surface area contributed by atoms with Crippen molar-refractivity contribution in [1.29, 1.82) is 0 Å². The summed E-state index contributed by atoms with van der Waals surface area (Å²) in [4.78, 5) is 25.2. The Hall–Kier alpha value is -2.96. The lowest BCUT2D eigenvalue weighted by molar-refractivity contribution is 0.0777. The van der Waals surface area contributed by atoms with Gasteiger partial charge in [0.15, 0.2) is 5.82 Å². The SMILES string of the molecule is Cn1c(N2CC3CN(C(=O)c4ccncc4F)CC3C2)nc2ccccc21. The summed E-state index contributed by atoms with van der Waals surface area (Å²) in [5, 5.41) is 0. The van der Waals surface area contributed by atoms with Crippen molar-refractivity contribution in [2.24, 2.45) is 18.9 Å². The average Bonchev–Trinajstić information content (AvgIpc) is 3.33. The Balaban J connectivity index is 1.33. The van der Waals surface area contributed by atoms with E-state index in [4.69, 9.17) is 4.98 Å². The van der Waals surface area contributed by atoms with E-state index in [1.807, 2.05) is 25.2 Å². The highest BCUT2D eigenvalue weighted by atomic mass is 19.1. The fourth-order valence-electron chi connectivity index (χ4n) is 4.46. The molecule has 4 heterocycles. The first-order valence-corrected chi connectivity index (χ1v) is 9.17. The molecular formula is C20H20FN5O. The number of carbonyl (C=O) groups is 1. The lowest BCUT2D eigenvalue weighted by atomic mass is 10.0. The van der Waals surface area contributed by atoms with E-state index in [0.717, 1.165) is 36.3 Å². The van der Waals surface area contributed by atoms with Crippen LogP contribution in [0.25, 0.3) is 11.0 Å². The molecule has 7 heteroatoms. The Morgan fingerprint density at radius 3 is 2.56 bits per heavy atom. The molecule has 138 valence electrons. The number of aromatic nitrogens is 3. The molecule has 0 spiro atoms. The number of hydrogen-bond donors (Lipinski definition) is 0. The fraction of sp³-hybridized carbons (Fsp3) is 0.350. The maximum Gasteiger partial charge on any atom is 0.256 e. The van der Waals surface area contributed by atoms with E-state index >= 15 is 0 Å². The highest BCUT2D eigenvalue weighted by Crippen LogP contribution is 2.35. The van der Waals surface area contributed by atoms with Crippen molar-refractivity contribution in [3.63, 3.8) is 0 Å². The van der Waals surface area contributed by atoms with Crippen LogP contribution in [-0.4, -0.2) is 51.5 Å². The molecule has 6 nitrogen and oxygen atoms in total. The van der Waals surface area contributed by atoms with Gasteiger partial charge in [0, 0.05) is 51.3 Å². The second kappa shape index (κ2) is 6.04. The molecule has 2 atom stereocenters. The lowest BCUT2D eigenvalue weighted by Crippen LogP contribution is -2.34. The highest BCUT2D eigenvalue weighted by molar-refractivity contribution is 5.94. The molecule has 0 radical (unpaired) electrons. The van der Waals surface area contributed by atoms with Gasteiger partial charge in [0.1, 0.15) is 0 Å². The quantitative estimate of drug-likeness (QED) is 0.699. The van der Waals surface area contributed by atoms with Crippen LogP contribution >= 0.6 is 0 Å². The normalized spacial score (nSPS) is 21.9. The number of imidazole rings is 1. The number of rotatable bonds is 2. The predicted molar refractivity (Wildman–Crippen MR) is 100 cm³/mol. The molecule has 1 aromatic carbocycles. The number of fused-ring (bicyclic) bond motifs is 2. The number of carbonyl (C=O) groups excluding carboxylic acids is 1. The van der Waals surface area contributed by atoms with Gasteiger partial charge in [0.05, 0.1) is 22.8 Å². The van der Waals surface area contributed by atoms with Gasteiger partial charge in [0.25, 0.3) is 5.91 Å². The number of pyridine rings is 1. The van der Waals surface area contributed by atoms with Gasteiger partial charge in [-0.25, -0.2) is 9.37 Å². The highest BCUT2D eigenvalue weighted by Gasteiger charge is 2.43. The summed E-state index contributed by atoms with van der Waals surface area (Å²) < 4.78 is 16.0. The monoisotopic (exact) mass is 365 g/mol. The van der Waals surface area contributed by atoms with Crippen LogP contribution in [0.2, 0.25) is 0 Å². The number of amides is 1. The molecule has 2 saturated heterocycles. The molecule has 2 unspecified atom stereocenters. The molecule has 0 aliphatic carbocycles. The third kappa shape index (κ3) is 2.57. The van der Waals surface area contributed by atoms with Crippen LogP contribution in [-0.2, 0) is 7.05 Å². The maximum atomic E-state index is 13.9. The molecule has 3 aromatic rings. The summed E-state index contributed by atoms with van der Waals surface area (Å²) in [6, 6.07) is 9.58. The number of benzene rings is 1.